The summed E-state index contributed by atoms with van der Waals surface area (Å²) in [5.41, 5.74) is -0.109. The average molecular weight is 327 g/mol. The molecule has 1 aliphatic rings. The normalized spacial score (nSPS) is 21.5. The Labute approximate surface area is 134 Å². The minimum absolute atomic E-state index is 0.0888. The van der Waals surface area contributed by atoms with Crippen LogP contribution in [0.2, 0.25) is 5.02 Å². The molecule has 1 heterocycles. The van der Waals surface area contributed by atoms with Crippen molar-refractivity contribution in [1.82, 2.24) is 4.90 Å². The quantitative estimate of drug-likeness (QED) is 0.627. The number of amides is 1. The van der Waals surface area contributed by atoms with Gasteiger partial charge in [-0.05, 0) is 39.2 Å². The Bertz CT molecular complexity index is 569. The summed E-state index contributed by atoms with van der Waals surface area (Å²) in [5, 5.41) is 10.8. The summed E-state index contributed by atoms with van der Waals surface area (Å²) in [6.07, 6.45) is 3.11. The first-order valence-corrected chi connectivity index (χ1v) is 7.66. The van der Waals surface area contributed by atoms with Gasteiger partial charge in [0.1, 0.15) is 5.75 Å². The molecule has 2 rings (SSSR count). The van der Waals surface area contributed by atoms with E-state index in [0.717, 1.165) is 19.3 Å². The van der Waals surface area contributed by atoms with Crippen LogP contribution in [-0.4, -0.2) is 34.4 Å². The van der Waals surface area contributed by atoms with Crippen molar-refractivity contribution in [3.8, 4) is 5.75 Å². The Morgan fingerprint density at radius 3 is 2.59 bits per heavy atom. The predicted octanol–water partition coefficient (Wildman–Crippen LogP) is 3.42. The van der Waals surface area contributed by atoms with E-state index in [9.17, 15) is 14.9 Å². The second-order valence-corrected chi connectivity index (χ2v) is 6.00. The molecule has 2 atom stereocenters. The van der Waals surface area contributed by atoms with E-state index < -0.39 is 4.92 Å². The number of nitro benzene ring substituents is 1. The standard InChI is InChI=1S/C15H19ClN2O4/c1-10-4-3-5-11(2)17(10)15(19)9-22-14-7-6-12(18(20)21)8-13(14)16/h6-8,10-11H,3-5,9H2,1-2H3/t10-,11-/m0/s1. The van der Waals surface area contributed by atoms with Crippen LogP contribution < -0.4 is 4.74 Å². The number of halogens is 1. The van der Waals surface area contributed by atoms with Gasteiger partial charge in [-0.3, -0.25) is 14.9 Å². The van der Waals surface area contributed by atoms with Gasteiger partial charge in [-0.15, -0.1) is 0 Å². The summed E-state index contributed by atoms with van der Waals surface area (Å²) in [6, 6.07) is 4.33. The Morgan fingerprint density at radius 1 is 1.41 bits per heavy atom. The third-order valence-electron chi connectivity index (χ3n) is 3.96. The second-order valence-electron chi connectivity index (χ2n) is 5.59. The topological polar surface area (TPSA) is 72.7 Å². The number of nitrogens with zero attached hydrogens (tertiary/aromatic N) is 2. The Balaban J connectivity index is 2.00. The van der Waals surface area contributed by atoms with Crippen LogP contribution in [0.3, 0.4) is 0 Å². The lowest BCUT2D eigenvalue weighted by Gasteiger charge is -2.39. The van der Waals surface area contributed by atoms with Crippen molar-refractivity contribution in [1.29, 1.82) is 0 Å². The molecule has 1 fully saturated rings. The molecule has 0 spiro atoms. The third kappa shape index (κ3) is 3.68. The molecular weight excluding hydrogens is 308 g/mol. The van der Waals surface area contributed by atoms with E-state index in [1.807, 2.05) is 18.7 Å². The van der Waals surface area contributed by atoms with Gasteiger partial charge < -0.3 is 9.64 Å². The lowest BCUT2D eigenvalue weighted by atomic mass is 9.97. The number of hydrogen-bond donors (Lipinski definition) is 0. The van der Waals surface area contributed by atoms with Crippen LogP contribution in [0.1, 0.15) is 33.1 Å². The van der Waals surface area contributed by atoms with Crippen LogP contribution in [0.5, 0.6) is 5.75 Å². The Morgan fingerprint density at radius 2 is 2.05 bits per heavy atom. The number of benzene rings is 1. The number of hydrogen-bond acceptors (Lipinski definition) is 4. The molecule has 0 aliphatic carbocycles. The SMILES string of the molecule is C[C@H]1CCC[C@H](C)N1C(=O)COc1ccc([N+](=O)[O-])cc1Cl. The van der Waals surface area contributed by atoms with Gasteiger partial charge in [0.25, 0.3) is 11.6 Å². The van der Waals surface area contributed by atoms with Crippen molar-refractivity contribution in [3.63, 3.8) is 0 Å². The molecular formula is C15H19ClN2O4. The van der Waals surface area contributed by atoms with E-state index in [4.69, 9.17) is 16.3 Å². The molecule has 7 heteroatoms. The van der Waals surface area contributed by atoms with Crippen molar-refractivity contribution < 1.29 is 14.5 Å². The third-order valence-corrected chi connectivity index (χ3v) is 4.25. The van der Waals surface area contributed by atoms with Crippen LogP contribution in [0, 0.1) is 10.1 Å². The first kappa shape index (κ1) is 16.5. The summed E-state index contributed by atoms with van der Waals surface area (Å²) in [7, 11) is 0. The zero-order valence-electron chi connectivity index (χ0n) is 12.6. The van der Waals surface area contributed by atoms with Gasteiger partial charge in [0.2, 0.25) is 0 Å². The van der Waals surface area contributed by atoms with Gasteiger partial charge in [0.05, 0.1) is 9.95 Å². The van der Waals surface area contributed by atoms with Gasteiger partial charge in [0, 0.05) is 24.2 Å². The highest BCUT2D eigenvalue weighted by atomic mass is 35.5. The predicted molar refractivity (Wildman–Crippen MR) is 83.2 cm³/mol. The summed E-state index contributed by atoms with van der Waals surface area (Å²) in [6.45, 7) is 3.95. The van der Waals surface area contributed by atoms with E-state index in [0.29, 0.717) is 0 Å². The molecule has 1 aliphatic heterocycles. The van der Waals surface area contributed by atoms with E-state index >= 15 is 0 Å². The summed E-state index contributed by atoms with van der Waals surface area (Å²) in [5.74, 6) is 0.187. The number of non-ortho nitro benzene ring substituents is 1. The van der Waals surface area contributed by atoms with E-state index in [1.54, 1.807) is 0 Å². The summed E-state index contributed by atoms with van der Waals surface area (Å²) >= 11 is 5.95. The molecule has 0 unspecified atom stereocenters. The number of carbonyl (C=O) groups is 1. The second kappa shape index (κ2) is 6.96. The number of likely N-dealkylation sites (tertiary alicyclic amines) is 1. The molecule has 0 saturated carbocycles. The van der Waals surface area contributed by atoms with Gasteiger partial charge in [-0.25, -0.2) is 0 Å². The molecule has 0 N–H and O–H groups in total. The fraction of sp³-hybridized carbons (Fsp3) is 0.533. The molecule has 22 heavy (non-hydrogen) atoms. The molecule has 6 nitrogen and oxygen atoms in total. The minimum atomic E-state index is -0.530. The lowest BCUT2D eigenvalue weighted by Crippen LogP contribution is -2.49. The number of rotatable bonds is 4. The van der Waals surface area contributed by atoms with E-state index in [1.165, 1.54) is 18.2 Å². The molecule has 1 aromatic rings. The first-order valence-electron chi connectivity index (χ1n) is 7.28. The molecule has 1 aromatic carbocycles. The molecule has 120 valence electrons. The zero-order chi connectivity index (χ0) is 16.3. The largest absolute Gasteiger partial charge is 0.482 e. The van der Waals surface area contributed by atoms with Gasteiger partial charge in [-0.2, -0.15) is 0 Å². The number of piperidine rings is 1. The first-order chi connectivity index (χ1) is 10.4. The maximum atomic E-state index is 12.3. The monoisotopic (exact) mass is 326 g/mol. The highest BCUT2D eigenvalue weighted by molar-refractivity contribution is 6.32. The molecule has 1 amide bonds. The van der Waals surface area contributed by atoms with E-state index in [2.05, 4.69) is 0 Å². The van der Waals surface area contributed by atoms with Crippen molar-refractivity contribution in [2.24, 2.45) is 0 Å². The van der Waals surface area contributed by atoms with Crippen molar-refractivity contribution in [3.05, 3.63) is 33.3 Å². The van der Waals surface area contributed by atoms with E-state index in [-0.39, 0.29) is 41.1 Å². The molecule has 0 bridgehead atoms. The average Bonchev–Trinajstić information content (AvgIpc) is 2.45. The number of ether oxygens (including phenoxy) is 1. The maximum absolute atomic E-state index is 12.3. The zero-order valence-corrected chi connectivity index (χ0v) is 13.4. The smallest absolute Gasteiger partial charge is 0.271 e. The van der Waals surface area contributed by atoms with Crippen molar-refractivity contribution >= 4 is 23.2 Å². The molecule has 1 saturated heterocycles. The fourth-order valence-corrected chi connectivity index (χ4v) is 3.08. The highest BCUT2D eigenvalue weighted by Crippen LogP contribution is 2.29. The number of nitro groups is 1. The molecule has 0 aromatic heterocycles. The van der Waals surface area contributed by atoms with Crippen molar-refractivity contribution in [2.45, 2.75) is 45.2 Å². The fourth-order valence-electron chi connectivity index (χ4n) is 2.85. The van der Waals surface area contributed by atoms with Gasteiger partial charge in [-0.1, -0.05) is 11.6 Å². The van der Waals surface area contributed by atoms with Crippen LogP contribution in [0.15, 0.2) is 18.2 Å². The summed E-state index contributed by atoms with van der Waals surface area (Å²) < 4.78 is 5.44. The van der Waals surface area contributed by atoms with Crippen LogP contribution in [0.4, 0.5) is 5.69 Å². The minimum Gasteiger partial charge on any atom is -0.482 e. The van der Waals surface area contributed by atoms with Gasteiger partial charge in [0.15, 0.2) is 6.61 Å². The van der Waals surface area contributed by atoms with Crippen molar-refractivity contribution in [2.75, 3.05) is 6.61 Å². The number of carbonyl (C=O) groups excluding carboxylic acids is 1. The Hall–Kier alpha value is -1.82. The highest BCUT2D eigenvalue weighted by Gasteiger charge is 2.29. The van der Waals surface area contributed by atoms with Crippen LogP contribution in [0.25, 0.3) is 0 Å². The lowest BCUT2D eigenvalue weighted by molar-refractivity contribution is -0.384. The maximum Gasteiger partial charge on any atom is 0.271 e. The van der Waals surface area contributed by atoms with Crippen LogP contribution in [-0.2, 0) is 4.79 Å². The van der Waals surface area contributed by atoms with Crippen LogP contribution >= 0.6 is 11.6 Å². The summed E-state index contributed by atoms with van der Waals surface area (Å²) in [4.78, 5) is 24.3. The molecule has 0 radical (unpaired) electrons. The Kier molecular flexibility index (Phi) is 5.24. The van der Waals surface area contributed by atoms with Gasteiger partial charge >= 0.3 is 0 Å².